The first-order chi connectivity index (χ1) is 11.0. The predicted molar refractivity (Wildman–Crippen MR) is 85.2 cm³/mol. The lowest BCUT2D eigenvalue weighted by atomic mass is 9.99. The van der Waals surface area contributed by atoms with Crippen LogP contribution in [0.3, 0.4) is 0 Å². The Bertz CT molecular complexity index is 815. The Morgan fingerprint density at radius 3 is 2.57 bits per heavy atom. The molecule has 1 heterocycles. The highest BCUT2D eigenvalue weighted by molar-refractivity contribution is 7.91. The highest BCUT2D eigenvalue weighted by atomic mass is 32.2. The number of hydrogen-bond donors (Lipinski definition) is 2. The van der Waals surface area contributed by atoms with Crippen molar-refractivity contribution >= 4 is 17.1 Å². The number of carboxylic acid groups (broad SMARTS) is 1. The van der Waals surface area contributed by atoms with Gasteiger partial charge in [-0.25, -0.2) is 4.79 Å². The first kappa shape index (κ1) is 14.8. The quantitative estimate of drug-likeness (QED) is 0.789. The van der Waals surface area contributed by atoms with Crippen LogP contribution in [-0.4, -0.2) is 20.7 Å². The SMILES string of the molecule is O=C(O)c1ccc2c(c1)[S+]([O-])c1cc3c(cc1CC2)CC[C@@H]3O. The van der Waals surface area contributed by atoms with Gasteiger partial charge in [0.05, 0.1) is 11.7 Å². The van der Waals surface area contributed by atoms with Gasteiger partial charge in [-0.15, -0.1) is 0 Å². The van der Waals surface area contributed by atoms with Crippen LogP contribution in [0.15, 0.2) is 40.1 Å². The van der Waals surface area contributed by atoms with E-state index in [1.807, 2.05) is 6.07 Å². The van der Waals surface area contributed by atoms with Gasteiger partial charge in [-0.3, -0.25) is 0 Å². The zero-order valence-corrected chi connectivity index (χ0v) is 13.2. The first-order valence-corrected chi connectivity index (χ1v) is 8.81. The monoisotopic (exact) mass is 328 g/mol. The Labute approximate surface area is 137 Å². The summed E-state index contributed by atoms with van der Waals surface area (Å²) in [6.45, 7) is 0. The number of carbonyl (C=O) groups is 1. The fourth-order valence-electron chi connectivity index (χ4n) is 3.49. The average Bonchev–Trinajstić information content (AvgIpc) is 2.84. The predicted octanol–water partition coefficient (Wildman–Crippen LogP) is 2.63. The fraction of sp³-hybridized carbons (Fsp3) is 0.278. The van der Waals surface area contributed by atoms with Crippen LogP contribution >= 0.6 is 0 Å². The number of aryl methyl sites for hydroxylation is 3. The number of hydrogen-bond acceptors (Lipinski definition) is 3. The molecular weight excluding hydrogens is 312 g/mol. The van der Waals surface area contributed by atoms with E-state index >= 15 is 0 Å². The molecule has 2 aromatic carbocycles. The lowest BCUT2D eigenvalue weighted by Gasteiger charge is -2.15. The molecule has 1 aliphatic heterocycles. The second kappa shape index (κ2) is 5.37. The van der Waals surface area contributed by atoms with Crippen LogP contribution in [0.1, 0.15) is 45.1 Å². The van der Waals surface area contributed by atoms with E-state index in [-0.39, 0.29) is 5.56 Å². The second-order valence-corrected chi connectivity index (χ2v) is 7.53. The van der Waals surface area contributed by atoms with Gasteiger partial charge >= 0.3 is 5.97 Å². The molecule has 0 fully saturated rings. The van der Waals surface area contributed by atoms with Crippen LogP contribution in [0.25, 0.3) is 0 Å². The number of aliphatic hydroxyl groups is 1. The van der Waals surface area contributed by atoms with Crippen LogP contribution < -0.4 is 0 Å². The molecule has 0 radical (unpaired) electrons. The van der Waals surface area contributed by atoms with Crippen LogP contribution in [0.4, 0.5) is 0 Å². The molecule has 1 unspecified atom stereocenters. The molecule has 4 rings (SSSR count). The molecular formula is C18H16O4S. The highest BCUT2D eigenvalue weighted by Gasteiger charge is 2.31. The zero-order chi connectivity index (χ0) is 16.1. The van der Waals surface area contributed by atoms with Gasteiger partial charge in [-0.05, 0) is 42.9 Å². The Hall–Kier alpha value is -1.82. The molecule has 0 aromatic heterocycles. The van der Waals surface area contributed by atoms with Gasteiger partial charge < -0.3 is 14.8 Å². The van der Waals surface area contributed by atoms with E-state index in [4.69, 9.17) is 5.11 Å². The molecule has 2 aromatic rings. The molecule has 0 saturated carbocycles. The summed E-state index contributed by atoms with van der Waals surface area (Å²) < 4.78 is 13.0. The van der Waals surface area contributed by atoms with Crippen molar-refractivity contribution in [1.29, 1.82) is 0 Å². The Balaban J connectivity index is 1.86. The molecule has 118 valence electrons. The number of carboxylic acids is 1. The molecule has 0 amide bonds. The Morgan fingerprint density at radius 2 is 1.78 bits per heavy atom. The average molecular weight is 328 g/mol. The van der Waals surface area contributed by atoms with E-state index in [0.717, 1.165) is 41.5 Å². The second-order valence-electron chi connectivity index (χ2n) is 6.11. The van der Waals surface area contributed by atoms with Gasteiger partial charge in [0.2, 0.25) is 0 Å². The standard InChI is InChI=1S/C18H16O4S/c19-15-6-5-11-7-12-3-1-10-2-4-13(18(20)21)8-16(10)23(22)17(12)9-14(11)15/h2,4,7-9,15,19H,1,3,5-6H2,(H,20,21)/t15-,23?/m0/s1. The minimum atomic E-state index is -1.42. The minimum Gasteiger partial charge on any atom is -0.606 e. The van der Waals surface area contributed by atoms with Crippen molar-refractivity contribution < 1.29 is 19.6 Å². The summed E-state index contributed by atoms with van der Waals surface area (Å²) in [4.78, 5) is 12.5. The molecule has 2 atom stereocenters. The molecule has 0 bridgehead atoms. The normalized spacial score (nSPS) is 22.0. The van der Waals surface area contributed by atoms with Crippen molar-refractivity contribution in [1.82, 2.24) is 0 Å². The summed E-state index contributed by atoms with van der Waals surface area (Å²) in [7, 11) is 0. The summed E-state index contributed by atoms with van der Waals surface area (Å²) in [6.07, 6.45) is 2.61. The van der Waals surface area contributed by atoms with E-state index in [1.54, 1.807) is 12.1 Å². The molecule has 5 heteroatoms. The third-order valence-corrected chi connectivity index (χ3v) is 6.30. The number of benzene rings is 2. The number of fused-ring (bicyclic) bond motifs is 3. The van der Waals surface area contributed by atoms with Crippen molar-refractivity contribution in [3.05, 3.63) is 58.1 Å². The van der Waals surface area contributed by atoms with E-state index in [1.165, 1.54) is 6.07 Å². The zero-order valence-electron chi connectivity index (χ0n) is 12.4. The molecule has 23 heavy (non-hydrogen) atoms. The van der Waals surface area contributed by atoms with Gasteiger partial charge in [-0.1, -0.05) is 12.1 Å². The van der Waals surface area contributed by atoms with Crippen LogP contribution in [0.2, 0.25) is 0 Å². The minimum absolute atomic E-state index is 0.154. The Kier molecular flexibility index (Phi) is 3.44. The van der Waals surface area contributed by atoms with E-state index in [0.29, 0.717) is 16.2 Å². The van der Waals surface area contributed by atoms with Gasteiger partial charge in [0, 0.05) is 34.4 Å². The molecule has 0 spiro atoms. The van der Waals surface area contributed by atoms with Gasteiger partial charge in [0.1, 0.15) is 0 Å². The molecule has 2 aliphatic rings. The lowest BCUT2D eigenvalue weighted by molar-refractivity contribution is 0.0696. The van der Waals surface area contributed by atoms with E-state index < -0.39 is 23.2 Å². The molecule has 0 saturated heterocycles. The summed E-state index contributed by atoms with van der Waals surface area (Å²) in [5, 5.41) is 19.2. The lowest BCUT2D eigenvalue weighted by Crippen LogP contribution is -2.08. The topological polar surface area (TPSA) is 80.6 Å². The van der Waals surface area contributed by atoms with Gasteiger partial charge in [0.25, 0.3) is 0 Å². The maximum absolute atomic E-state index is 13.0. The molecule has 4 nitrogen and oxygen atoms in total. The number of aliphatic hydroxyl groups excluding tert-OH is 1. The van der Waals surface area contributed by atoms with Crippen LogP contribution in [0.5, 0.6) is 0 Å². The smallest absolute Gasteiger partial charge is 0.335 e. The van der Waals surface area contributed by atoms with Crippen molar-refractivity contribution in [3.8, 4) is 0 Å². The van der Waals surface area contributed by atoms with Gasteiger partial charge in [-0.2, -0.15) is 0 Å². The van der Waals surface area contributed by atoms with E-state index in [9.17, 15) is 14.5 Å². The summed E-state index contributed by atoms with van der Waals surface area (Å²) >= 11 is -1.42. The Morgan fingerprint density at radius 1 is 1.04 bits per heavy atom. The summed E-state index contributed by atoms with van der Waals surface area (Å²) in [5.74, 6) is -1.02. The number of aromatic carboxylic acids is 1. The van der Waals surface area contributed by atoms with Gasteiger partial charge in [0.15, 0.2) is 9.79 Å². The van der Waals surface area contributed by atoms with Crippen LogP contribution in [0, 0.1) is 0 Å². The van der Waals surface area contributed by atoms with Crippen molar-refractivity contribution in [3.63, 3.8) is 0 Å². The third kappa shape index (κ3) is 2.36. The maximum atomic E-state index is 13.0. The molecule has 2 N–H and O–H groups in total. The van der Waals surface area contributed by atoms with Crippen molar-refractivity contribution in [2.45, 2.75) is 41.6 Å². The maximum Gasteiger partial charge on any atom is 0.335 e. The number of rotatable bonds is 1. The van der Waals surface area contributed by atoms with Crippen molar-refractivity contribution in [2.24, 2.45) is 0 Å². The van der Waals surface area contributed by atoms with Crippen molar-refractivity contribution in [2.75, 3.05) is 0 Å². The largest absolute Gasteiger partial charge is 0.606 e. The highest BCUT2D eigenvalue weighted by Crippen LogP contribution is 2.39. The first-order valence-electron chi connectivity index (χ1n) is 7.66. The van der Waals surface area contributed by atoms with E-state index in [2.05, 4.69) is 6.07 Å². The third-order valence-electron chi connectivity index (χ3n) is 4.75. The fourth-order valence-corrected chi connectivity index (χ4v) is 5.00. The summed E-state index contributed by atoms with van der Waals surface area (Å²) in [5.41, 5.74) is 4.15. The molecule has 1 aliphatic carbocycles. The summed E-state index contributed by atoms with van der Waals surface area (Å²) in [6, 6.07) is 8.79. The van der Waals surface area contributed by atoms with Crippen LogP contribution in [-0.2, 0) is 30.4 Å².